The van der Waals surface area contributed by atoms with Gasteiger partial charge in [-0.3, -0.25) is 14.5 Å². The number of nitrogens with zero attached hydrogens (tertiary/aromatic N) is 1. The van der Waals surface area contributed by atoms with E-state index in [0.717, 1.165) is 0 Å². The molecule has 0 aliphatic heterocycles. The lowest BCUT2D eigenvalue weighted by molar-refractivity contribution is -0.145. The lowest BCUT2D eigenvalue weighted by Gasteiger charge is -2.14. The van der Waals surface area contributed by atoms with Crippen LogP contribution in [0.2, 0.25) is 0 Å². The second kappa shape index (κ2) is 8.38. The maximum atomic E-state index is 11.3. The molecule has 0 spiro atoms. The highest BCUT2D eigenvalue weighted by Crippen LogP contribution is 1.92. The lowest BCUT2D eigenvalue weighted by atomic mass is 10.2. The van der Waals surface area contributed by atoms with E-state index in [-0.39, 0.29) is 18.7 Å². The zero-order valence-corrected chi connectivity index (χ0v) is 9.62. The van der Waals surface area contributed by atoms with Gasteiger partial charge in [0.15, 0.2) is 5.78 Å². The topological polar surface area (TPSA) is 55.8 Å². The molecule has 0 saturated carbocycles. The van der Waals surface area contributed by atoms with Crippen molar-refractivity contribution in [1.82, 2.24) is 4.90 Å². The van der Waals surface area contributed by atoms with Crippen LogP contribution < -0.4 is 0 Å². The number of methoxy groups -OCH3 is 1. The Morgan fingerprint density at radius 3 is 2.53 bits per heavy atom. The molecular weight excluding hydrogens is 198 g/mol. The van der Waals surface area contributed by atoms with Crippen LogP contribution >= 0.6 is 0 Å². The number of hydrogen-bond acceptors (Lipinski definition) is 5. The zero-order valence-electron chi connectivity index (χ0n) is 9.62. The van der Waals surface area contributed by atoms with E-state index in [1.807, 2.05) is 11.9 Å². The van der Waals surface area contributed by atoms with Gasteiger partial charge in [-0.2, -0.15) is 0 Å². The van der Waals surface area contributed by atoms with Crippen molar-refractivity contribution < 1.29 is 19.1 Å². The number of ether oxygens (including phenoxy) is 2. The number of carbonyl (C=O) groups excluding carboxylic acids is 2. The Hall–Kier alpha value is -0.940. The highest BCUT2D eigenvalue weighted by Gasteiger charge is 2.12. The molecule has 0 bridgehead atoms. The number of Topliss-reactive ketones (excluding diaryl/α,β-unsaturated/α-hetero) is 1. The van der Waals surface area contributed by atoms with Gasteiger partial charge in [0.1, 0.15) is 6.42 Å². The summed E-state index contributed by atoms with van der Waals surface area (Å²) in [5, 5.41) is 0. The van der Waals surface area contributed by atoms with Crippen LogP contribution in [0.25, 0.3) is 0 Å². The second-order valence-electron chi connectivity index (χ2n) is 3.25. The van der Waals surface area contributed by atoms with Crippen LogP contribution in [0.5, 0.6) is 0 Å². The molecule has 15 heavy (non-hydrogen) atoms. The molecule has 0 heterocycles. The van der Waals surface area contributed by atoms with Gasteiger partial charge in [-0.05, 0) is 14.0 Å². The Morgan fingerprint density at radius 2 is 2.00 bits per heavy atom. The molecule has 0 N–H and O–H groups in total. The molecule has 0 aromatic carbocycles. The van der Waals surface area contributed by atoms with E-state index in [1.54, 1.807) is 14.0 Å². The van der Waals surface area contributed by atoms with E-state index in [0.29, 0.717) is 19.8 Å². The van der Waals surface area contributed by atoms with E-state index in [4.69, 9.17) is 4.74 Å². The van der Waals surface area contributed by atoms with E-state index < -0.39 is 5.97 Å². The van der Waals surface area contributed by atoms with Gasteiger partial charge in [0.2, 0.25) is 0 Å². The first kappa shape index (κ1) is 14.1. The molecule has 5 heteroatoms. The van der Waals surface area contributed by atoms with E-state index in [9.17, 15) is 9.59 Å². The normalized spacial score (nSPS) is 10.4. The minimum atomic E-state index is -0.456. The summed E-state index contributed by atoms with van der Waals surface area (Å²) >= 11 is 0. The van der Waals surface area contributed by atoms with Crippen molar-refractivity contribution in [1.29, 1.82) is 0 Å². The molecule has 0 aliphatic carbocycles. The van der Waals surface area contributed by atoms with Crippen LogP contribution in [-0.2, 0) is 19.1 Å². The Balaban J connectivity index is 3.68. The monoisotopic (exact) mass is 217 g/mol. The maximum absolute atomic E-state index is 11.3. The SMILES string of the molecule is CCOC(=O)CC(=O)CN(C)CCOC. The van der Waals surface area contributed by atoms with Crippen LogP contribution in [0.3, 0.4) is 0 Å². The van der Waals surface area contributed by atoms with Crippen LogP contribution in [-0.4, -0.2) is 57.1 Å². The van der Waals surface area contributed by atoms with Crippen LogP contribution in [0.4, 0.5) is 0 Å². The summed E-state index contributed by atoms with van der Waals surface area (Å²) in [6, 6.07) is 0. The van der Waals surface area contributed by atoms with Gasteiger partial charge in [0.25, 0.3) is 0 Å². The number of rotatable bonds is 8. The van der Waals surface area contributed by atoms with Crippen molar-refractivity contribution in [2.45, 2.75) is 13.3 Å². The van der Waals surface area contributed by atoms with Gasteiger partial charge >= 0.3 is 5.97 Å². The van der Waals surface area contributed by atoms with Gasteiger partial charge in [-0.25, -0.2) is 0 Å². The van der Waals surface area contributed by atoms with E-state index >= 15 is 0 Å². The average Bonchev–Trinajstić information content (AvgIpc) is 2.14. The van der Waals surface area contributed by atoms with Crippen LogP contribution in [0.1, 0.15) is 13.3 Å². The first-order chi connectivity index (χ1) is 7.10. The number of carbonyl (C=O) groups is 2. The first-order valence-electron chi connectivity index (χ1n) is 4.95. The van der Waals surface area contributed by atoms with Crippen LogP contribution in [0.15, 0.2) is 0 Å². The molecule has 0 aromatic rings. The third-order valence-electron chi connectivity index (χ3n) is 1.77. The predicted octanol–water partition coefficient (Wildman–Crippen LogP) is 0.0869. The zero-order chi connectivity index (χ0) is 11.7. The molecule has 0 unspecified atom stereocenters. The summed E-state index contributed by atoms with van der Waals surface area (Å²) in [7, 11) is 3.41. The van der Waals surface area contributed by atoms with Crippen molar-refractivity contribution in [3.05, 3.63) is 0 Å². The molecule has 0 atom stereocenters. The Morgan fingerprint density at radius 1 is 1.33 bits per heavy atom. The van der Waals surface area contributed by atoms with Crippen molar-refractivity contribution in [3.8, 4) is 0 Å². The maximum Gasteiger partial charge on any atom is 0.313 e. The predicted molar refractivity (Wildman–Crippen MR) is 55.6 cm³/mol. The molecule has 0 fully saturated rings. The van der Waals surface area contributed by atoms with Gasteiger partial charge in [0.05, 0.1) is 19.8 Å². The lowest BCUT2D eigenvalue weighted by Crippen LogP contribution is -2.30. The fourth-order valence-electron chi connectivity index (χ4n) is 1.06. The van der Waals surface area contributed by atoms with E-state index in [1.165, 1.54) is 0 Å². The van der Waals surface area contributed by atoms with Crippen molar-refractivity contribution >= 4 is 11.8 Å². The Labute approximate surface area is 90.3 Å². The Kier molecular flexibility index (Phi) is 7.85. The quantitative estimate of drug-likeness (QED) is 0.426. The van der Waals surface area contributed by atoms with Crippen molar-refractivity contribution in [2.75, 3.05) is 40.5 Å². The van der Waals surface area contributed by atoms with Crippen molar-refractivity contribution in [2.24, 2.45) is 0 Å². The molecule has 5 nitrogen and oxygen atoms in total. The molecule has 0 rings (SSSR count). The molecule has 0 aliphatic rings. The summed E-state index contributed by atoms with van der Waals surface area (Å²) in [6.07, 6.45) is -0.148. The second-order valence-corrected chi connectivity index (χ2v) is 3.25. The van der Waals surface area contributed by atoms with Crippen molar-refractivity contribution in [3.63, 3.8) is 0 Å². The minimum Gasteiger partial charge on any atom is -0.466 e. The Bertz CT molecular complexity index is 206. The number of likely N-dealkylation sites (N-methyl/N-ethyl adjacent to an activating group) is 1. The summed E-state index contributed by atoms with van der Waals surface area (Å²) in [4.78, 5) is 24.1. The molecule has 0 saturated heterocycles. The van der Waals surface area contributed by atoms with E-state index in [2.05, 4.69) is 4.74 Å². The third kappa shape index (κ3) is 8.08. The van der Waals surface area contributed by atoms with Gasteiger partial charge in [0, 0.05) is 13.7 Å². The minimum absolute atomic E-state index is 0.132. The average molecular weight is 217 g/mol. The summed E-state index contributed by atoms with van der Waals surface area (Å²) in [5.74, 6) is -0.588. The molecule has 0 aromatic heterocycles. The summed E-state index contributed by atoms with van der Waals surface area (Å²) in [5.41, 5.74) is 0. The van der Waals surface area contributed by atoms with Crippen LogP contribution in [0, 0.1) is 0 Å². The number of esters is 1. The summed E-state index contributed by atoms with van der Waals surface area (Å²) < 4.78 is 9.54. The molecular formula is C10H19NO4. The highest BCUT2D eigenvalue weighted by atomic mass is 16.5. The largest absolute Gasteiger partial charge is 0.466 e. The number of ketones is 1. The molecule has 0 radical (unpaired) electrons. The number of hydrogen-bond donors (Lipinski definition) is 0. The third-order valence-corrected chi connectivity index (χ3v) is 1.77. The molecule has 0 amide bonds. The van der Waals surface area contributed by atoms with Gasteiger partial charge < -0.3 is 9.47 Å². The standard InChI is InChI=1S/C10H19NO4/c1-4-15-10(13)7-9(12)8-11(2)5-6-14-3/h4-8H2,1-3H3. The smallest absolute Gasteiger partial charge is 0.313 e. The van der Waals surface area contributed by atoms with Gasteiger partial charge in [-0.1, -0.05) is 0 Å². The fourth-order valence-corrected chi connectivity index (χ4v) is 1.06. The highest BCUT2D eigenvalue weighted by molar-refractivity contribution is 5.96. The fraction of sp³-hybridized carbons (Fsp3) is 0.800. The molecule has 88 valence electrons. The first-order valence-corrected chi connectivity index (χ1v) is 4.95. The van der Waals surface area contributed by atoms with Gasteiger partial charge in [-0.15, -0.1) is 0 Å². The summed E-state index contributed by atoms with van der Waals surface area (Å²) in [6.45, 7) is 3.52.